The summed E-state index contributed by atoms with van der Waals surface area (Å²) in [4.78, 5) is 0.744. The molecule has 0 unspecified atom stereocenters. The van der Waals surface area contributed by atoms with Crippen molar-refractivity contribution in [3.63, 3.8) is 0 Å². The van der Waals surface area contributed by atoms with E-state index in [1.165, 1.54) is 11.3 Å². The van der Waals surface area contributed by atoms with E-state index < -0.39 is 0 Å². The van der Waals surface area contributed by atoms with E-state index in [2.05, 4.69) is 27.3 Å². The third-order valence-electron chi connectivity index (χ3n) is 3.59. The fourth-order valence-corrected chi connectivity index (χ4v) is 3.36. The summed E-state index contributed by atoms with van der Waals surface area (Å²) in [6.45, 7) is 4.95. The van der Waals surface area contributed by atoms with Crippen LogP contribution < -0.4 is 0 Å². The number of hydrogen-bond acceptors (Lipinski definition) is 5. The van der Waals surface area contributed by atoms with Gasteiger partial charge in [0.1, 0.15) is 5.69 Å². The molecule has 0 amide bonds. The minimum absolute atomic E-state index is 0.689. The maximum atomic E-state index is 5.94. The van der Waals surface area contributed by atoms with Gasteiger partial charge in [0.05, 0.1) is 0 Å². The van der Waals surface area contributed by atoms with Gasteiger partial charge in [-0.15, -0.1) is 10.2 Å². The van der Waals surface area contributed by atoms with Gasteiger partial charge in [0, 0.05) is 22.8 Å². The number of nitrogens with zero attached hydrogens (tertiary/aromatic N) is 6. The number of halogens is 1. The lowest BCUT2D eigenvalue weighted by atomic mass is 10.2. The summed E-state index contributed by atoms with van der Waals surface area (Å²) in [7, 11) is 0. The molecule has 0 aliphatic rings. The molecule has 0 aliphatic carbocycles. The molecule has 0 aliphatic heterocycles. The van der Waals surface area contributed by atoms with Gasteiger partial charge in [-0.3, -0.25) is 4.68 Å². The van der Waals surface area contributed by atoms with Crippen LogP contribution in [-0.4, -0.2) is 29.6 Å². The van der Waals surface area contributed by atoms with Gasteiger partial charge in [0.25, 0.3) is 0 Å². The van der Waals surface area contributed by atoms with Crippen molar-refractivity contribution in [3.05, 3.63) is 41.0 Å². The number of fused-ring (bicyclic) bond motifs is 1. The van der Waals surface area contributed by atoms with Crippen LogP contribution in [0.5, 0.6) is 0 Å². The second-order valence-electron chi connectivity index (χ2n) is 5.12. The van der Waals surface area contributed by atoms with E-state index in [1.54, 1.807) is 4.52 Å². The average Bonchev–Trinajstić information content (AvgIpc) is 3.21. The largest absolute Gasteiger partial charge is 0.269 e. The molecule has 4 rings (SSSR count). The molecule has 23 heavy (non-hydrogen) atoms. The molecule has 3 heterocycles. The van der Waals surface area contributed by atoms with Crippen molar-refractivity contribution in [1.29, 1.82) is 0 Å². The highest BCUT2D eigenvalue weighted by Gasteiger charge is 2.16. The second-order valence-corrected chi connectivity index (χ2v) is 6.51. The van der Waals surface area contributed by atoms with Crippen molar-refractivity contribution in [2.45, 2.75) is 20.4 Å². The summed E-state index contributed by atoms with van der Waals surface area (Å²) in [6, 6.07) is 9.52. The van der Waals surface area contributed by atoms with Crippen LogP contribution in [0.25, 0.3) is 27.1 Å². The van der Waals surface area contributed by atoms with Crippen molar-refractivity contribution in [2.75, 3.05) is 0 Å². The Kier molecular flexibility index (Phi) is 3.39. The van der Waals surface area contributed by atoms with Crippen LogP contribution in [0.3, 0.4) is 0 Å². The van der Waals surface area contributed by atoms with E-state index in [4.69, 9.17) is 11.6 Å². The topological polar surface area (TPSA) is 60.9 Å². The Hall–Kier alpha value is -2.25. The summed E-state index contributed by atoms with van der Waals surface area (Å²) < 4.78 is 3.71. The van der Waals surface area contributed by atoms with Crippen LogP contribution in [-0.2, 0) is 6.54 Å². The lowest BCUT2D eigenvalue weighted by Crippen LogP contribution is -1.98. The quantitative estimate of drug-likeness (QED) is 0.568. The Morgan fingerprint density at radius 2 is 1.91 bits per heavy atom. The molecule has 0 radical (unpaired) electrons. The molecule has 0 spiro atoms. The minimum atomic E-state index is 0.689. The number of hydrogen-bond donors (Lipinski definition) is 0. The molecule has 3 aromatic heterocycles. The van der Waals surface area contributed by atoms with E-state index in [9.17, 15) is 0 Å². The van der Waals surface area contributed by atoms with Gasteiger partial charge in [0.2, 0.25) is 4.96 Å². The predicted octanol–water partition coefficient (Wildman–Crippen LogP) is 3.70. The van der Waals surface area contributed by atoms with E-state index >= 15 is 0 Å². The zero-order valence-corrected chi connectivity index (χ0v) is 14.1. The Bertz CT molecular complexity index is 981. The van der Waals surface area contributed by atoms with Crippen molar-refractivity contribution in [1.82, 2.24) is 29.6 Å². The van der Waals surface area contributed by atoms with Crippen molar-refractivity contribution in [3.8, 4) is 22.1 Å². The second kappa shape index (κ2) is 5.43. The fraction of sp³-hybridized carbons (Fsp3) is 0.200. The highest BCUT2D eigenvalue weighted by molar-refractivity contribution is 7.19. The van der Waals surface area contributed by atoms with Crippen LogP contribution >= 0.6 is 22.9 Å². The van der Waals surface area contributed by atoms with E-state index in [0.29, 0.717) is 10.8 Å². The van der Waals surface area contributed by atoms with Crippen molar-refractivity contribution >= 4 is 27.9 Å². The van der Waals surface area contributed by atoms with Crippen LogP contribution in [0.1, 0.15) is 12.6 Å². The normalized spacial score (nSPS) is 11.4. The van der Waals surface area contributed by atoms with Gasteiger partial charge in [-0.05, 0) is 44.2 Å². The van der Waals surface area contributed by atoms with Crippen LogP contribution in [0.4, 0.5) is 0 Å². The standard InChI is InChI=1S/C15H13ClN6S/c1-3-21-9(2)8-12(19-21)14-20-22-13(17-18-15(22)23-14)10-4-6-11(16)7-5-10/h4-8H,3H2,1-2H3. The molecule has 8 heteroatoms. The molecule has 0 N–H and O–H groups in total. The van der Waals surface area contributed by atoms with Crippen LogP contribution in [0.15, 0.2) is 30.3 Å². The first-order chi connectivity index (χ1) is 11.2. The molecule has 0 saturated carbocycles. The fourth-order valence-electron chi connectivity index (χ4n) is 2.43. The minimum Gasteiger partial charge on any atom is -0.269 e. The van der Waals surface area contributed by atoms with E-state index in [1.807, 2.05) is 41.9 Å². The Labute approximate surface area is 141 Å². The zero-order chi connectivity index (χ0) is 16.0. The molecule has 0 saturated heterocycles. The lowest BCUT2D eigenvalue weighted by molar-refractivity contribution is 0.641. The smallest absolute Gasteiger partial charge is 0.235 e. The van der Waals surface area contributed by atoms with E-state index in [0.717, 1.165) is 33.5 Å². The molecule has 0 atom stereocenters. The summed E-state index contributed by atoms with van der Waals surface area (Å²) in [5, 5.41) is 19.2. The third-order valence-corrected chi connectivity index (χ3v) is 4.77. The van der Waals surface area contributed by atoms with E-state index in [-0.39, 0.29) is 0 Å². The Morgan fingerprint density at radius 1 is 1.13 bits per heavy atom. The Balaban J connectivity index is 1.81. The molecule has 0 bridgehead atoms. The summed E-state index contributed by atoms with van der Waals surface area (Å²) in [6.07, 6.45) is 0. The number of aryl methyl sites for hydroxylation is 2. The molecule has 6 nitrogen and oxygen atoms in total. The highest BCUT2D eigenvalue weighted by atomic mass is 35.5. The average molecular weight is 345 g/mol. The lowest BCUT2D eigenvalue weighted by Gasteiger charge is -1.97. The van der Waals surface area contributed by atoms with Crippen molar-refractivity contribution in [2.24, 2.45) is 0 Å². The first-order valence-corrected chi connectivity index (χ1v) is 8.38. The summed E-state index contributed by atoms with van der Waals surface area (Å²) in [5.74, 6) is 0.700. The SMILES string of the molecule is CCn1nc(-c2nn3c(-c4ccc(Cl)cc4)nnc3s2)cc1C. The molecule has 1 aromatic carbocycles. The van der Waals surface area contributed by atoms with Gasteiger partial charge in [-0.1, -0.05) is 22.9 Å². The van der Waals surface area contributed by atoms with Crippen LogP contribution in [0.2, 0.25) is 5.02 Å². The predicted molar refractivity (Wildman–Crippen MR) is 90.7 cm³/mol. The number of rotatable bonds is 3. The first-order valence-electron chi connectivity index (χ1n) is 7.18. The van der Waals surface area contributed by atoms with Gasteiger partial charge in [-0.2, -0.15) is 14.7 Å². The van der Waals surface area contributed by atoms with Crippen molar-refractivity contribution < 1.29 is 0 Å². The third kappa shape index (κ3) is 2.42. The van der Waals surface area contributed by atoms with Gasteiger partial charge in [0.15, 0.2) is 10.8 Å². The number of benzene rings is 1. The molecular weight excluding hydrogens is 332 g/mol. The maximum absolute atomic E-state index is 5.94. The monoisotopic (exact) mass is 344 g/mol. The zero-order valence-electron chi connectivity index (χ0n) is 12.6. The summed E-state index contributed by atoms with van der Waals surface area (Å²) >= 11 is 7.42. The summed E-state index contributed by atoms with van der Waals surface area (Å²) in [5.41, 5.74) is 2.90. The van der Waals surface area contributed by atoms with Gasteiger partial charge < -0.3 is 0 Å². The first kappa shape index (κ1) is 14.3. The number of aromatic nitrogens is 6. The maximum Gasteiger partial charge on any atom is 0.235 e. The molecular formula is C15H13ClN6S. The Morgan fingerprint density at radius 3 is 2.61 bits per heavy atom. The van der Waals surface area contributed by atoms with Gasteiger partial charge in [-0.25, -0.2) is 0 Å². The molecule has 116 valence electrons. The highest BCUT2D eigenvalue weighted by Crippen LogP contribution is 2.28. The van der Waals surface area contributed by atoms with Gasteiger partial charge >= 0.3 is 0 Å². The van der Waals surface area contributed by atoms with Crippen LogP contribution in [0, 0.1) is 6.92 Å². The molecule has 0 fully saturated rings. The molecule has 4 aromatic rings.